The van der Waals surface area contributed by atoms with Crippen molar-refractivity contribution >= 4 is 17.1 Å². The molecule has 0 aliphatic carbocycles. The molecule has 1 saturated heterocycles. The lowest BCUT2D eigenvalue weighted by Gasteiger charge is -2.38. The van der Waals surface area contributed by atoms with Crippen molar-refractivity contribution in [2.24, 2.45) is 11.1 Å². The van der Waals surface area contributed by atoms with Gasteiger partial charge in [-0.2, -0.15) is 10.4 Å². The Bertz CT molecular complexity index is 869. The zero-order valence-corrected chi connectivity index (χ0v) is 16.0. The van der Waals surface area contributed by atoms with Gasteiger partial charge >= 0.3 is 0 Å². The number of rotatable bonds is 5. The second-order valence-electron chi connectivity index (χ2n) is 7.77. The third-order valence-electron chi connectivity index (χ3n) is 4.83. The fourth-order valence-electron chi connectivity index (χ4n) is 3.16. The number of nitriles is 1. The Kier molecular flexibility index (Phi) is 5.35. The van der Waals surface area contributed by atoms with Crippen molar-refractivity contribution < 1.29 is 9.53 Å². The molecule has 27 heavy (non-hydrogen) atoms. The second kappa shape index (κ2) is 7.55. The molecule has 1 aliphatic rings. The van der Waals surface area contributed by atoms with Crippen molar-refractivity contribution in [1.29, 1.82) is 5.26 Å². The molecule has 1 amide bonds. The molecule has 3 N–H and O–H groups in total. The summed E-state index contributed by atoms with van der Waals surface area (Å²) in [6.07, 6.45) is 0.999. The molecule has 2 aromatic rings. The number of pyridine rings is 1. The Balaban J connectivity index is 1.79. The van der Waals surface area contributed by atoms with E-state index in [0.717, 1.165) is 11.2 Å². The van der Waals surface area contributed by atoms with E-state index in [4.69, 9.17) is 10.5 Å². The SMILES string of the molecule is CC1CN(c2ccc(C#N)n3nccc23)CC(C(=O)NCC(C)(C)CN)O1. The van der Waals surface area contributed by atoms with E-state index in [1.807, 2.05) is 32.9 Å². The number of nitrogens with two attached hydrogens (primary N) is 1. The summed E-state index contributed by atoms with van der Waals surface area (Å²) >= 11 is 0. The number of fused-ring (bicyclic) bond motifs is 1. The average molecular weight is 370 g/mol. The first kappa shape index (κ1) is 19.1. The lowest BCUT2D eigenvalue weighted by Crippen LogP contribution is -2.54. The van der Waals surface area contributed by atoms with Crippen molar-refractivity contribution in [2.45, 2.75) is 33.0 Å². The summed E-state index contributed by atoms with van der Waals surface area (Å²) in [4.78, 5) is 14.7. The van der Waals surface area contributed by atoms with Crippen LogP contribution in [-0.2, 0) is 9.53 Å². The quantitative estimate of drug-likeness (QED) is 0.809. The standard InChI is InChI=1S/C19H26N6O2/c1-13-9-24(10-17(27-13)18(26)22-12-19(2,3)11-21)15-5-4-14(8-20)25-16(15)6-7-23-25/h4-7,13,17H,9-12,21H2,1-3H3,(H,22,26). The van der Waals surface area contributed by atoms with Gasteiger partial charge in [0.05, 0.1) is 30.0 Å². The third-order valence-corrected chi connectivity index (χ3v) is 4.83. The van der Waals surface area contributed by atoms with Gasteiger partial charge in [0, 0.05) is 13.1 Å². The minimum Gasteiger partial charge on any atom is -0.364 e. The van der Waals surface area contributed by atoms with E-state index in [1.54, 1.807) is 16.8 Å². The van der Waals surface area contributed by atoms with E-state index >= 15 is 0 Å². The first-order valence-electron chi connectivity index (χ1n) is 9.09. The van der Waals surface area contributed by atoms with Gasteiger partial charge in [0.25, 0.3) is 5.91 Å². The normalized spacial score (nSPS) is 20.5. The first-order valence-corrected chi connectivity index (χ1v) is 9.09. The molecular weight excluding hydrogens is 344 g/mol. The van der Waals surface area contributed by atoms with E-state index < -0.39 is 6.10 Å². The minimum atomic E-state index is -0.569. The van der Waals surface area contributed by atoms with Crippen LogP contribution in [0.2, 0.25) is 0 Å². The van der Waals surface area contributed by atoms with Crippen LogP contribution >= 0.6 is 0 Å². The molecule has 0 aromatic carbocycles. The molecule has 1 fully saturated rings. The van der Waals surface area contributed by atoms with Gasteiger partial charge in [0.2, 0.25) is 0 Å². The summed E-state index contributed by atoms with van der Waals surface area (Å²) in [7, 11) is 0. The Morgan fingerprint density at radius 2 is 2.22 bits per heavy atom. The number of anilines is 1. The molecule has 8 heteroatoms. The summed E-state index contributed by atoms with van der Waals surface area (Å²) < 4.78 is 7.50. The Labute approximate surface area is 158 Å². The second-order valence-corrected chi connectivity index (χ2v) is 7.77. The van der Waals surface area contributed by atoms with Crippen LogP contribution in [0.5, 0.6) is 0 Å². The maximum absolute atomic E-state index is 12.6. The fourth-order valence-corrected chi connectivity index (χ4v) is 3.16. The van der Waals surface area contributed by atoms with Crippen molar-refractivity contribution in [1.82, 2.24) is 14.9 Å². The van der Waals surface area contributed by atoms with Gasteiger partial charge in [-0.1, -0.05) is 13.8 Å². The highest BCUT2D eigenvalue weighted by atomic mass is 16.5. The number of hydrogen-bond acceptors (Lipinski definition) is 6. The number of carbonyl (C=O) groups is 1. The third kappa shape index (κ3) is 4.04. The zero-order chi connectivity index (χ0) is 19.6. The molecule has 2 atom stereocenters. The van der Waals surface area contributed by atoms with Gasteiger partial charge in [-0.3, -0.25) is 4.79 Å². The van der Waals surface area contributed by atoms with Crippen molar-refractivity contribution in [3.05, 3.63) is 30.1 Å². The summed E-state index contributed by atoms with van der Waals surface area (Å²) in [6.45, 7) is 8.06. The number of nitrogens with zero attached hydrogens (tertiary/aromatic N) is 4. The number of nitrogens with one attached hydrogen (secondary N) is 1. The maximum Gasteiger partial charge on any atom is 0.251 e. The van der Waals surface area contributed by atoms with Gasteiger partial charge in [-0.05, 0) is 37.1 Å². The molecule has 3 heterocycles. The summed E-state index contributed by atoms with van der Waals surface area (Å²) in [5.74, 6) is -0.133. The molecule has 0 radical (unpaired) electrons. The molecule has 3 rings (SSSR count). The van der Waals surface area contributed by atoms with Crippen molar-refractivity contribution in [3.8, 4) is 6.07 Å². The minimum absolute atomic E-state index is 0.101. The predicted molar refractivity (Wildman–Crippen MR) is 102 cm³/mol. The van der Waals surface area contributed by atoms with Crippen LogP contribution in [0.15, 0.2) is 24.4 Å². The van der Waals surface area contributed by atoms with Crippen LogP contribution in [0.3, 0.4) is 0 Å². The average Bonchev–Trinajstić information content (AvgIpc) is 3.14. The molecule has 0 bridgehead atoms. The largest absolute Gasteiger partial charge is 0.364 e. The highest BCUT2D eigenvalue weighted by Crippen LogP contribution is 2.26. The molecule has 1 aliphatic heterocycles. The van der Waals surface area contributed by atoms with Gasteiger partial charge < -0.3 is 20.7 Å². The highest BCUT2D eigenvalue weighted by Gasteiger charge is 2.32. The van der Waals surface area contributed by atoms with Crippen molar-refractivity contribution in [2.75, 3.05) is 31.1 Å². The van der Waals surface area contributed by atoms with Gasteiger partial charge in [0.1, 0.15) is 11.8 Å². The molecule has 2 unspecified atom stereocenters. The molecule has 8 nitrogen and oxygen atoms in total. The monoisotopic (exact) mass is 370 g/mol. The number of carbonyl (C=O) groups excluding carboxylic acids is 1. The lowest BCUT2D eigenvalue weighted by atomic mass is 9.94. The highest BCUT2D eigenvalue weighted by molar-refractivity contribution is 5.83. The van der Waals surface area contributed by atoms with E-state index in [2.05, 4.69) is 21.4 Å². The molecule has 0 saturated carbocycles. The number of aromatic nitrogens is 2. The Morgan fingerprint density at radius 3 is 2.93 bits per heavy atom. The topological polar surface area (TPSA) is 109 Å². The van der Waals surface area contributed by atoms with Gasteiger partial charge in [-0.15, -0.1) is 0 Å². The van der Waals surface area contributed by atoms with Crippen LogP contribution < -0.4 is 16.0 Å². The van der Waals surface area contributed by atoms with E-state index in [9.17, 15) is 10.1 Å². The zero-order valence-electron chi connectivity index (χ0n) is 16.0. The van der Waals surface area contributed by atoms with Gasteiger partial charge in [-0.25, -0.2) is 4.52 Å². The van der Waals surface area contributed by atoms with Crippen LogP contribution in [0, 0.1) is 16.7 Å². The number of morpholine rings is 1. The number of hydrogen-bond donors (Lipinski definition) is 2. The summed E-state index contributed by atoms with van der Waals surface area (Å²) in [5.41, 5.74) is 7.82. The molecule has 2 aromatic heterocycles. The summed E-state index contributed by atoms with van der Waals surface area (Å²) in [6, 6.07) is 7.66. The smallest absolute Gasteiger partial charge is 0.251 e. The maximum atomic E-state index is 12.6. The van der Waals surface area contributed by atoms with E-state index in [-0.39, 0.29) is 17.4 Å². The number of ether oxygens (including phenoxy) is 1. The van der Waals surface area contributed by atoms with Crippen LogP contribution in [0.4, 0.5) is 5.69 Å². The van der Waals surface area contributed by atoms with Gasteiger partial charge in [0.15, 0.2) is 6.10 Å². The number of amides is 1. The predicted octanol–water partition coefficient (Wildman–Crippen LogP) is 0.901. The lowest BCUT2D eigenvalue weighted by molar-refractivity contribution is -0.137. The fraction of sp³-hybridized carbons (Fsp3) is 0.526. The van der Waals surface area contributed by atoms with Crippen LogP contribution in [-0.4, -0.2) is 53.9 Å². The van der Waals surface area contributed by atoms with Crippen LogP contribution in [0.25, 0.3) is 5.52 Å². The molecule has 0 spiro atoms. The first-order chi connectivity index (χ1) is 12.8. The van der Waals surface area contributed by atoms with E-state index in [0.29, 0.717) is 31.9 Å². The van der Waals surface area contributed by atoms with Crippen LogP contribution in [0.1, 0.15) is 26.5 Å². The molecular formula is C19H26N6O2. The Hall–Kier alpha value is -2.63. The Morgan fingerprint density at radius 1 is 1.44 bits per heavy atom. The van der Waals surface area contributed by atoms with E-state index in [1.165, 1.54) is 0 Å². The van der Waals surface area contributed by atoms with Crippen molar-refractivity contribution in [3.63, 3.8) is 0 Å². The molecule has 144 valence electrons. The summed E-state index contributed by atoms with van der Waals surface area (Å²) in [5, 5.41) is 16.4.